The number of aliphatic hydroxyl groups excluding tert-OH is 1. The van der Waals surface area contributed by atoms with Crippen LogP contribution in [0, 0.1) is 13.8 Å². The molecule has 0 bridgehead atoms. The number of fused-ring (bicyclic) bond motifs is 1. The first-order valence-electron chi connectivity index (χ1n) is 9.37. The Morgan fingerprint density at radius 1 is 1.00 bits per heavy atom. The summed E-state index contributed by atoms with van der Waals surface area (Å²) in [5.74, 6) is 0.934. The summed E-state index contributed by atoms with van der Waals surface area (Å²) in [4.78, 5) is 2.30. The zero-order valence-electron chi connectivity index (χ0n) is 16.2. The zero-order valence-corrected chi connectivity index (χ0v) is 17.0. The Balaban J connectivity index is 0.00000261. The standard InChI is InChI=1S/C22H29NO3.ClH/c1-17-6-5-7-18(2)22(17)26-13-12-25-16-21(24)15-23-11-10-19-8-3-4-9-20(19)14-23;/h3-9,21,24H,10-16H2,1-2H3;1H. The highest BCUT2D eigenvalue weighted by Crippen LogP contribution is 2.22. The SMILES string of the molecule is Cc1cccc(C)c1OCCOCC(O)CN1CCc2ccccc2C1.Cl. The van der Waals surface area contributed by atoms with E-state index in [-0.39, 0.29) is 12.4 Å². The molecule has 3 rings (SSSR count). The van der Waals surface area contributed by atoms with Crippen molar-refractivity contribution in [2.75, 3.05) is 32.9 Å². The van der Waals surface area contributed by atoms with Crippen LogP contribution in [-0.4, -0.2) is 49.0 Å². The molecule has 1 N–H and O–H groups in total. The Morgan fingerprint density at radius 3 is 2.44 bits per heavy atom. The number of nitrogens with zero attached hydrogens (tertiary/aromatic N) is 1. The summed E-state index contributed by atoms with van der Waals surface area (Å²) in [6, 6.07) is 14.7. The Morgan fingerprint density at radius 2 is 1.70 bits per heavy atom. The second kappa shape index (κ2) is 10.7. The van der Waals surface area contributed by atoms with Crippen LogP contribution >= 0.6 is 12.4 Å². The van der Waals surface area contributed by atoms with E-state index in [0.29, 0.717) is 26.4 Å². The molecule has 2 aromatic carbocycles. The fraction of sp³-hybridized carbons (Fsp3) is 0.455. The first-order chi connectivity index (χ1) is 12.6. The minimum absolute atomic E-state index is 0. The smallest absolute Gasteiger partial charge is 0.125 e. The van der Waals surface area contributed by atoms with E-state index in [0.717, 1.165) is 36.4 Å². The maximum Gasteiger partial charge on any atom is 0.125 e. The number of hydrogen-bond donors (Lipinski definition) is 1. The van der Waals surface area contributed by atoms with E-state index in [1.165, 1.54) is 11.1 Å². The largest absolute Gasteiger partial charge is 0.491 e. The predicted octanol–water partition coefficient (Wildman–Crippen LogP) is 3.54. The topological polar surface area (TPSA) is 41.9 Å². The molecule has 2 aromatic rings. The van der Waals surface area contributed by atoms with E-state index in [1.807, 2.05) is 32.0 Å². The van der Waals surface area contributed by atoms with Crippen molar-refractivity contribution in [2.45, 2.75) is 32.9 Å². The van der Waals surface area contributed by atoms with E-state index in [1.54, 1.807) is 0 Å². The summed E-state index contributed by atoms with van der Waals surface area (Å²) in [6.07, 6.45) is 0.577. The van der Waals surface area contributed by atoms with Crippen LogP contribution in [0.1, 0.15) is 22.3 Å². The lowest BCUT2D eigenvalue weighted by molar-refractivity contribution is 0.00578. The highest BCUT2D eigenvalue weighted by Gasteiger charge is 2.18. The van der Waals surface area contributed by atoms with Gasteiger partial charge in [0.15, 0.2) is 0 Å². The normalized spacial score (nSPS) is 14.9. The molecule has 0 aromatic heterocycles. The average molecular weight is 392 g/mol. The third-order valence-corrected chi connectivity index (χ3v) is 4.87. The highest BCUT2D eigenvalue weighted by molar-refractivity contribution is 5.85. The molecule has 0 radical (unpaired) electrons. The van der Waals surface area contributed by atoms with Crippen LogP contribution in [0.25, 0.3) is 0 Å². The molecular weight excluding hydrogens is 362 g/mol. The maximum atomic E-state index is 10.2. The molecule has 1 atom stereocenters. The molecular formula is C22H30ClNO3. The van der Waals surface area contributed by atoms with Crippen molar-refractivity contribution < 1.29 is 14.6 Å². The van der Waals surface area contributed by atoms with E-state index >= 15 is 0 Å². The van der Waals surface area contributed by atoms with Gasteiger partial charge < -0.3 is 14.6 Å². The average Bonchev–Trinajstić information content (AvgIpc) is 2.63. The molecule has 1 heterocycles. The van der Waals surface area contributed by atoms with Gasteiger partial charge >= 0.3 is 0 Å². The number of benzene rings is 2. The molecule has 27 heavy (non-hydrogen) atoms. The third kappa shape index (κ3) is 6.22. The summed E-state index contributed by atoms with van der Waals surface area (Å²) < 4.78 is 11.4. The quantitative estimate of drug-likeness (QED) is 0.699. The number of hydrogen-bond acceptors (Lipinski definition) is 4. The Bertz CT molecular complexity index is 702. The number of aliphatic hydroxyl groups is 1. The fourth-order valence-electron chi connectivity index (χ4n) is 3.51. The van der Waals surface area contributed by atoms with Gasteiger partial charge in [-0.05, 0) is 42.5 Å². The summed E-state index contributed by atoms with van der Waals surface area (Å²) in [5, 5.41) is 10.2. The second-order valence-electron chi connectivity index (χ2n) is 7.05. The molecule has 0 saturated carbocycles. The predicted molar refractivity (Wildman–Crippen MR) is 111 cm³/mol. The highest BCUT2D eigenvalue weighted by atomic mass is 35.5. The van der Waals surface area contributed by atoms with Crippen molar-refractivity contribution in [3.8, 4) is 5.75 Å². The molecule has 1 aliphatic heterocycles. The van der Waals surface area contributed by atoms with Crippen LogP contribution in [0.3, 0.4) is 0 Å². The van der Waals surface area contributed by atoms with Crippen molar-refractivity contribution in [3.63, 3.8) is 0 Å². The molecule has 1 unspecified atom stereocenters. The van der Waals surface area contributed by atoms with Crippen LogP contribution < -0.4 is 4.74 Å². The number of aryl methyl sites for hydroxylation is 2. The lowest BCUT2D eigenvalue weighted by Crippen LogP contribution is -2.38. The first-order valence-corrected chi connectivity index (χ1v) is 9.37. The van der Waals surface area contributed by atoms with Gasteiger partial charge in [0, 0.05) is 19.6 Å². The van der Waals surface area contributed by atoms with Crippen molar-refractivity contribution >= 4 is 12.4 Å². The van der Waals surface area contributed by atoms with E-state index < -0.39 is 6.10 Å². The Labute approximate surface area is 168 Å². The van der Waals surface area contributed by atoms with Gasteiger partial charge in [0.1, 0.15) is 12.4 Å². The van der Waals surface area contributed by atoms with Gasteiger partial charge in [-0.25, -0.2) is 0 Å². The second-order valence-corrected chi connectivity index (χ2v) is 7.05. The van der Waals surface area contributed by atoms with Crippen molar-refractivity contribution in [1.82, 2.24) is 4.90 Å². The third-order valence-electron chi connectivity index (χ3n) is 4.87. The zero-order chi connectivity index (χ0) is 18.4. The van der Waals surface area contributed by atoms with Crippen LogP contribution in [0.2, 0.25) is 0 Å². The molecule has 0 amide bonds. The molecule has 148 valence electrons. The maximum absolute atomic E-state index is 10.2. The number of halogens is 1. The van der Waals surface area contributed by atoms with Crippen LogP contribution in [-0.2, 0) is 17.7 Å². The first kappa shape index (κ1) is 21.7. The van der Waals surface area contributed by atoms with Gasteiger partial charge in [0.2, 0.25) is 0 Å². The van der Waals surface area contributed by atoms with E-state index in [4.69, 9.17) is 9.47 Å². The summed E-state index contributed by atoms with van der Waals surface area (Å²) in [5.41, 5.74) is 5.07. The minimum atomic E-state index is -0.472. The molecule has 0 saturated heterocycles. The molecule has 0 spiro atoms. The molecule has 0 aliphatic carbocycles. The van der Waals surface area contributed by atoms with Gasteiger partial charge in [0.05, 0.1) is 19.3 Å². The number of ether oxygens (including phenoxy) is 2. The van der Waals surface area contributed by atoms with Crippen molar-refractivity contribution in [2.24, 2.45) is 0 Å². The van der Waals surface area contributed by atoms with Gasteiger partial charge in [-0.1, -0.05) is 42.5 Å². The molecule has 5 heteroatoms. The molecule has 4 nitrogen and oxygen atoms in total. The monoisotopic (exact) mass is 391 g/mol. The number of para-hydroxylation sites is 1. The number of rotatable bonds is 8. The number of β-amino-alcohol motifs (C(OH)–C–C–N with tert-alkyl or cyclic N) is 1. The summed E-state index contributed by atoms with van der Waals surface area (Å²) in [7, 11) is 0. The van der Waals surface area contributed by atoms with Gasteiger partial charge in [-0.3, -0.25) is 4.90 Å². The van der Waals surface area contributed by atoms with Gasteiger partial charge in [-0.15, -0.1) is 12.4 Å². The van der Waals surface area contributed by atoms with E-state index in [2.05, 4.69) is 29.2 Å². The Kier molecular flexibility index (Phi) is 8.58. The minimum Gasteiger partial charge on any atom is -0.491 e. The van der Waals surface area contributed by atoms with Crippen LogP contribution in [0.5, 0.6) is 5.75 Å². The Hall–Kier alpha value is -1.59. The van der Waals surface area contributed by atoms with Gasteiger partial charge in [0.25, 0.3) is 0 Å². The summed E-state index contributed by atoms with van der Waals surface area (Å²) >= 11 is 0. The van der Waals surface area contributed by atoms with Crippen molar-refractivity contribution in [1.29, 1.82) is 0 Å². The van der Waals surface area contributed by atoms with Crippen molar-refractivity contribution in [3.05, 3.63) is 64.7 Å². The molecule has 0 fully saturated rings. The van der Waals surface area contributed by atoms with E-state index in [9.17, 15) is 5.11 Å². The lowest BCUT2D eigenvalue weighted by Gasteiger charge is -2.30. The van der Waals surface area contributed by atoms with Gasteiger partial charge in [-0.2, -0.15) is 0 Å². The molecule has 1 aliphatic rings. The fourth-order valence-corrected chi connectivity index (χ4v) is 3.51. The lowest BCUT2D eigenvalue weighted by atomic mass is 10.00. The van der Waals surface area contributed by atoms with Crippen LogP contribution in [0.15, 0.2) is 42.5 Å². The van der Waals surface area contributed by atoms with Crippen LogP contribution in [0.4, 0.5) is 0 Å². The summed E-state index contributed by atoms with van der Waals surface area (Å²) in [6.45, 7) is 7.95.